The molecule has 0 aliphatic carbocycles. The van der Waals surface area contributed by atoms with Crippen LogP contribution in [0.25, 0.3) is 0 Å². The van der Waals surface area contributed by atoms with Gasteiger partial charge < -0.3 is 10.4 Å². The lowest BCUT2D eigenvalue weighted by atomic mass is 9.98. The molecule has 0 fully saturated rings. The molecule has 0 saturated carbocycles. The number of carbonyl (C=O) groups excluding carboxylic acids is 1. The topological polar surface area (TPSA) is 79.3 Å². The summed E-state index contributed by atoms with van der Waals surface area (Å²) in [7, 11) is 0. The Morgan fingerprint density at radius 3 is 2.65 bits per heavy atom. The SMILES string of the molecule is CC(C)CC(NC(=O)CCCC(=O)O)c1cccnc1. The molecule has 0 spiro atoms. The van der Waals surface area contributed by atoms with Gasteiger partial charge in [-0.15, -0.1) is 0 Å². The van der Waals surface area contributed by atoms with Gasteiger partial charge in [0.25, 0.3) is 0 Å². The van der Waals surface area contributed by atoms with Crippen molar-refractivity contribution in [3.63, 3.8) is 0 Å². The molecule has 5 heteroatoms. The fourth-order valence-electron chi connectivity index (χ4n) is 2.00. The average Bonchev–Trinajstić information content (AvgIpc) is 2.38. The Morgan fingerprint density at radius 1 is 1.35 bits per heavy atom. The van der Waals surface area contributed by atoms with Crippen LogP contribution in [0, 0.1) is 5.92 Å². The van der Waals surface area contributed by atoms with Crippen molar-refractivity contribution in [2.24, 2.45) is 5.92 Å². The predicted molar refractivity (Wildman–Crippen MR) is 76.1 cm³/mol. The minimum Gasteiger partial charge on any atom is -0.481 e. The zero-order valence-electron chi connectivity index (χ0n) is 12.0. The van der Waals surface area contributed by atoms with Crippen molar-refractivity contribution in [2.45, 2.75) is 45.6 Å². The standard InChI is InChI=1S/C15H22N2O3/c1-11(2)9-13(12-5-4-8-16-10-12)17-14(18)6-3-7-15(19)20/h4-5,8,10-11,13H,3,6-7,9H2,1-2H3,(H,17,18)(H,19,20). The molecule has 1 unspecified atom stereocenters. The summed E-state index contributed by atoms with van der Waals surface area (Å²) in [5.41, 5.74) is 0.979. The van der Waals surface area contributed by atoms with Gasteiger partial charge in [0.05, 0.1) is 6.04 Å². The van der Waals surface area contributed by atoms with Crippen LogP contribution in [0.1, 0.15) is 51.1 Å². The Balaban J connectivity index is 2.57. The van der Waals surface area contributed by atoms with Gasteiger partial charge in [0.15, 0.2) is 0 Å². The zero-order chi connectivity index (χ0) is 15.0. The first-order valence-electron chi connectivity index (χ1n) is 6.90. The number of amides is 1. The number of hydrogen-bond acceptors (Lipinski definition) is 3. The number of rotatable bonds is 8. The van der Waals surface area contributed by atoms with Crippen molar-refractivity contribution >= 4 is 11.9 Å². The minimum atomic E-state index is -0.871. The molecule has 0 saturated heterocycles. The van der Waals surface area contributed by atoms with E-state index in [0.29, 0.717) is 12.3 Å². The predicted octanol–water partition coefficient (Wildman–Crippen LogP) is 2.54. The summed E-state index contributed by atoms with van der Waals surface area (Å²) in [4.78, 5) is 26.4. The summed E-state index contributed by atoms with van der Waals surface area (Å²) in [5, 5.41) is 11.5. The normalized spacial score (nSPS) is 12.2. The molecule has 1 amide bonds. The second-order valence-corrected chi connectivity index (χ2v) is 5.28. The lowest BCUT2D eigenvalue weighted by molar-refractivity contribution is -0.137. The summed E-state index contributed by atoms with van der Waals surface area (Å²) in [6, 6.07) is 3.72. The highest BCUT2D eigenvalue weighted by Gasteiger charge is 2.16. The average molecular weight is 278 g/mol. The van der Waals surface area contributed by atoms with E-state index in [9.17, 15) is 9.59 Å². The van der Waals surface area contributed by atoms with E-state index in [1.54, 1.807) is 12.4 Å². The Bertz CT molecular complexity index is 432. The number of hydrogen-bond donors (Lipinski definition) is 2. The lowest BCUT2D eigenvalue weighted by Crippen LogP contribution is -2.29. The zero-order valence-corrected chi connectivity index (χ0v) is 12.0. The van der Waals surface area contributed by atoms with Gasteiger partial charge in [-0.25, -0.2) is 0 Å². The summed E-state index contributed by atoms with van der Waals surface area (Å²) >= 11 is 0. The molecule has 110 valence electrons. The minimum absolute atomic E-state index is 0.0230. The van der Waals surface area contributed by atoms with Gasteiger partial charge in [0.1, 0.15) is 0 Å². The van der Waals surface area contributed by atoms with Crippen LogP contribution in [-0.4, -0.2) is 22.0 Å². The molecule has 0 aliphatic heterocycles. The van der Waals surface area contributed by atoms with E-state index in [1.165, 1.54) is 0 Å². The van der Waals surface area contributed by atoms with Crippen molar-refractivity contribution in [2.75, 3.05) is 0 Å². The highest BCUT2D eigenvalue weighted by atomic mass is 16.4. The van der Waals surface area contributed by atoms with Crippen LogP contribution < -0.4 is 5.32 Å². The van der Waals surface area contributed by atoms with E-state index in [-0.39, 0.29) is 24.8 Å². The third kappa shape index (κ3) is 6.31. The Morgan fingerprint density at radius 2 is 2.10 bits per heavy atom. The molecule has 1 aromatic rings. The van der Waals surface area contributed by atoms with E-state index in [0.717, 1.165) is 12.0 Å². The van der Waals surface area contributed by atoms with Gasteiger partial charge in [-0.3, -0.25) is 14.6 Å². The third-order valence-corrected chi connectivity index (χ3v) is 2.92. The number of aliphatic carboxylic acids is 1. The molecule has 1 rings (SSSR count). The first-order valence-corrected chi connectivity index (χ1v) is 6.90. The molecule has 0 bridgehead atoms. The molecule has 1 aromatic heterocycles. The van der Waals surface area contributed by atoms with Crippen molar-refractivity contribution in [1.29, 1.82) is 0 Å². The number of carbonyl (C=O) groups is 2. The van der Waals surface area contributed by atoms with Crippen molar-refractivity contribution in [1.82, 2.24) is 10.3 Å². The third-order valence-electron chi connectivity index (χ3n) is 2.92. The molecule has 1 heterocycles. The maximum Gasteiger partial charge on any atom is 0.303 e. The number of carboxylic acid groups (broad SMARTS) is 1. The van der Waals surface area contributed by atoms with Crippen LogP contribution in [0.4, 0.5) is 0 Å². The van der Waals surface area contributed by atoms with Gasteiger partial charge >= 0.3 is 5.97 Å². The first kappa shape index (κ1) is 16.1. The van der Waals surface area contributed by atoms with Crippen LogP contribution >= 0.6 is 0 Å². The van der Waals surface area contributed by atoms with E-state index < -0.39 is 5.97 Å². The van der Waals surface area contributed by atoms with Crippen LogP contribution in [0.5, 0.6) is 0 Å². The van der Waals surface area contributed by atoms with Crippen LogP contribution in [-0.2, 0) is 9.59 Å². The molecular formula is C15H22N2O3. The summed E-state index contributed by atoms with van der Waals surface area (Å²) in [6.07, 6.45) is 4.91. The Labute approximate surface area is 119 Å². The highest BCUT2D eigenvalue weighted by Crippen LogP contribution is 2.20. The Hall–Kier alpha value is -1.91. The van der Waals surface area contributed by atoms with Gasteiger partial charge in [-0.05, 0) is 30.4 Å². The quantitative estimate of drug-likeness (QED) is 0.766. The second-order valence-electron chi connectivity index (χ2n) is 5.28. The molecule has 20 heavy (non-hydrogen) atoms. The largest absolute Gasteiger partial charge is 0.481 e. The Kier molecular flexibility index (Phi) is 6.70. The molecule has 0 aliphatic rings. The molecule has 5 nitrogen and oxygen atoms in total. The van der Waals surface area contributed by atoms with Crippen molar-refractivity contribution < 1.29 is 14.7 Å². The summed E-state index contributed by atoms with van der Waals surface area (Å²) in [5.74, 6) is -0.538. The lowest BCUT2D eigenvalue weighted by Gasteiger charge is -2.20. The van der Waals surface area contributed by atoms with Crippen molar-refractivity contribution in [3.8, 4) is 0 Å². The van der Waals surface area contributed by atoms with Crippen LogP contribution in [0.3, 0.4) is 0 Å². The van der Waals surface area contributed by atoms with E-state index in [1.807, 2.05) is 12.1 Å². The van der Waals surface area contributed by atoms with Crippen LogP contribution in [0.15, 0.2) is 24.5 Å². The monoisotopic (exact) mass is 278 g/mol. The number of nitrogens with one attached hydrogen (secondary N) is 1. The molecular weight excluding hydrogens is 256 g/mol. The first-order chi connectivity index (χ1) is 9.49. The summed E-state index contributed by atoms with van der Waals surface area (Å²) in [6.45, 7) is 4.19. The highest BCUT2D eigenvalue weighted by molar-refractivity contribution is 5.77. The number of aromatic nitrogens is 1. The molecule has 2 N–H and O–H groups in total. The molecule has 0 aromatic carbocycles. The van der Waals surface area contributed by atoms with Crippen LogP contribution in [0.2, 0.25) is 0 Å². The van der Waals surface area contributed by atoms with Gasteiger partial charge in [0, 0.05) is 25.2 Å². The van der Waals surface area contributed by atoms with E-state index >= 15 is 0 Å². The summed E-state index contributed by atoms with van der Waals surface area (Å²) < 4.78 is 0. The number of carboxylic acids is 1. The smallest absolute Gasteiger partial charge is 0.303 e. The van der Waals surface area contributed by atoms with E-state index in [4.69, 9.17) is 5.11 Å². The number of nitrogens with zero attached hydrogens (tertiary/aromatic N) is 1. The fraction of sp³-hybridized carbons (Fsp3) is 0.533. The number of pyridine rings is 1. The van der Waals surface area contributed by atoms with Crippen molar-refractivity contribution in [3.05, 3.63) is 30.1 Å². The van der Waals surface area contributed by atoms with Gasteiger partial charge in [0.2, 0.25) is 5.91 Å². The maximum absolute atomic E-state index is 11.9. The fourth-order valence-corrected chi connectivity index (χ4v) is 2.00. The molecule has 1 atom stereocenters. The molecule has 0 radical (unpaired) electrons. The second kappa shape index (κ2) is 8.30. The van der Waals surface area contributed by atoms with E-state index in [2.05, 4.69) is 24.1 Å². The van der Waals surface area contributed by atoms with Gasteiger partial charge in [-0.1, -0.05) is 19.9 Å². The van der Waals surface area contributed by atoms with Gasteiger partial charge in [-0.2, -0.15) is 0 Å². The maximum atomic E-state index is 11.9.